The smallest absolute Gasteiger partial charge is 0.329 e. The van der Waals surface area contributed by atoms with Gasteiger partial charge in [0.15, 0.2) is 0 Å². The first kappa shape index (κ1) is 20.0. The highest BCUT2D eigenvalue weighted by atomic mass is 16.6. The molecular formula is C20H28N6O2. The zero-order valence-corrected chi connectivity index (χ0v) is 16.4. The number of rotatable bonds is 7. The van der Waals surface area contributed by atoms with Crippen LogP contribution in [0.1, 0.15) is 42.4 Å². The molecule has 0 aliphatic heterocycles. The van der Waals surface area contributed by atoms with E-state index in [1.54, 1.807) is 0 Å². The van der Waals surface area contributed by atoms with E-state index < -0.39 is 4.92 Å². The van der Waals surface area contributed by atoms with E-state index in [0.29, 0.717) is 25.0 Å². The van der Waals surface area contributed by atoms with Gasteiger partial charge in [0.05, 0.1) is 4.92 Å². The third-order valence-corrected chi connectivity index (χ3v) is 5.57. The largest absolute Gasteiger partial charge is 0.364 e. The Morgan fingerprint density at radius 3 is 2.68 bits per heavy atom. The van der Waals surface area contributed by atoms with E-state index in [9.17, 15) is 10.1 Å². The van der Waals surface area contributed by atoms with E-state index in [0.717, 1.165) is 31.2 Å². The normalized spacial score (nSPS) is 19.2. The number of aryl methyl sites for hydroxylation is 1. The number of benzene rings is 1. The summed E-state index contributed by atoms with van der Waals surface area (Å²) in [4.78, 5) is 19.4. The molecular weight excluding hydrogens is 356 g/mol. The van der Waals surface area contributed by atoms with Crippen LogP contribution in [-0.2, 0) is 6.54 Å². The summed E-state index contributed by atoms with van der Waals surface area (Å²) in [6, 6.07) is 6.42. The zero-order valence-electron chi connectivity index (χ0n) is 16.4. The molecule has 1 aromatic carbocycles. The van der Waals surface area contributed by atoms with Gasteiger partial charge in [-0.05, 0) is 62.1 Å². The molecule has 0 radical (unpaired) electrons. The topological polar surface area (TPSA) is 119 Å². The second kappa shape index (κ2) is 8.97. The van der Waals surface area contributed by atoms with E-state index in [1.165, 1.54) is 17.3 Å². The first-order valence-corrected chi connectivity index (χ1v) is 9.74. The monoisotopic (exact) mass is 384 g/mol. The predicted octanol–water partition coefficient (Wildman–Crippen LogP) is 3.54. The average Bonchev–Trinajstić information content (AvgIpc) is 2.68. The van der Waals surface area contributed by atoms with E-state index >= 15 is 0 Å². The average molecular weight is 384 g/mol. The summed E-state index contributed by atoms with van der Waals surface area (Å²) in [6.45, 7) is 5.36. The molecule has 4 N–H and O–H groups in total. The molecule has 1 aromatic heterocycles. The molecule has 3 rings (SSSR count). The third-order valence-electron chi connectivity index (χ3n) is 5.57. The number of aromatic nitrogens is 2. The van der Waals surface area contributed by atoms with Crippen LogP contribution in [0.25, 0.3) is 0 Å². The number of hydrogen-bond acceptors (Lipinski definition) is 7. The van der Waals surface area contributed by atoms with Crippen LogP contribution in [0.2, 0.25) is 0 Å². The Balaban J connectivity index is 1.68. The summed E-state index contributed by atoms with van der Waals surface area (Å²) >= 11 is 0. The van der Waals surface area contributed by atoms with Gasteiger partial charge in [0.2, 0.25) is 11.8 Å². The molecule has 0 spiro atoms. The highest BCUT2D eigenvalue weighted by molar-refractivity contribution is 5.57. The molecule has 0 saturated heterocycles. The van der Waals surface area contributed by atoms with E-state index in [1.807, 2.05) is 12.1 Å². The van der Waals surface area contributed by atoms with E-state index in [4.69, 9.17) is 5.73 Å². The number of nitrogens with one attached hydrogen (secondary N) is 2. The standard InChI is InChI=1S/C20H28N6O2/c1-13-4-3-5-16(14(13)2)11-23-20-24-12-18(26(27)28)19(25-20)22-10-15-6-8-17(21)9-7-15/h3-5,12,15,17H,6-11,21H2,1-2H3,(H2,22,23,24,25). The fourth-order valence-electron chi connectivity index (χ4n) is 3.54. The van der Waals surface area contributed by atoms with Gasteiger partial charge in [0.1, 0.15) is 6.20 Å². The number of nitro groups is 1. The minimum Gasteiger partial charge on any atom is -0.364 e. The van der Waals surface area contributed by atoms with Gasteiger partial charge in [-0.25, -0.2) is 4.98 Å². The summed E-state index contributed by atoms with van der Waals surface area (Å²) < 4.78 is 0. The Hall–Kier alpha value is -2.74. The van der Waals surface area contributed by atoms with Crippen LogP contribution < -0.4 is 16.4 Å². The SMILES string of the molecule is Cc1cccc(CNc2ncc([N+](=O)[O-])c(NCC3CCC(N)CC3)n2)c1C. The van der Waals surface area contributed by atoms with Gasteiger partial charge >= 0.3 is 5.69 Å². The Kier molecular flexibility index (Phi) is 6.41. The Morgan fingerprint density at radius 1 is 1.21 bits per heavy atom. The lowest BCUT2D eigenvalue weighted by molar-refractivity contribution is -0.384. The van der Waals surface area contributed by atoms with E-state index in [2.05, 4.69) is 40.5 Å². The summed E-state index contributed by atoms with van der Waals surface area (Å²) in [7, 11) is 0. The predicted molar refractivity (Wildman–Crippen MR) is 110 cm³/mol. The second-order valence-corrected chi connectivity index (χ2v) is 7.56. The molecule has 0 amide bonds. The Bertz CT molecular complexity index is 833. The first-order valence-electron chi connectivity index (χ1n) is 9.74. The highest BCUT2D eigenvalue weighted by Crippen LogP contribution is 2.26. The Labute approximate surface area is 165 Å². The highest BCUT2D eigenvalue weighted by Gasteiger charge is 2.21. The molecule has 1 aliphatic carbocycles. The van der Waals surface area contributed by atoms with Crippen molar-refractivity contribution in [1.29, 1.82) is 0 Å². The van der Waals surface area contributed by atoms with Crippen LogP contribution in [0.4, 0.5) is 17.5 Å². The fraction of sp³-hybridized carbons (Fsp3) is 0.500. The molecule has 8 nitrogen and oxygen atoms in total. The molecule has 0 bridgehead atoms. The first-order chi connectivity index (χ1) is 13.4. The van der Waals surface area contributed by atoms with Gasteiger partial charge < -0.3 is 16.4 Å². The zero-order chi connectivity index (χ0) is 20.1. The van der Waals surface area contributed by atoms with Crippen molar-refractivity contribution < 1.29 is 4.92 Å². The van der Waals surface area contributed by atoms with Gasteiger partial charge in [-0.15, -0.1) is 0 Å². The van der Waals surface area contributed by atoms with Gasteiger partial charge in [-0.1, -0.05) is 18.2 Å². The summed E-state index contributed by atoms with van der Waals surface area (Å²) in [5.41, 5.74) is 9.43. The van der Waals surface area contributed by atoms with Crippen molar-refractivity contribution in [3.05, 3.63) is 51.2 Å². The molecule has 8 heteroatoms. The maximum Gasteiger partial charge on any atom is 0.329 e. The minimum atomic E-state index is -0.451. The van der Waals surface area contributed by atoms with Crippen molar-refractivity contribution in [3.8, 4) is 0 Å². The second-order valence-electron chi connectivity index (χ2n) is 7.56. The summed E-state index contributed by atoms with van der Waals surface area (Å²) in [5.74, 6) is 1.10. The van der Waals surface area contributed by atoms with Crippen LogP contribution in [0.3, 0.4) is 0 Å². The fourth-order valence-corrected chi connectivity index (χ4v) is 3.54. The summed E-state index contributed by atoms with van der Waals surface area (Å²) in [6.07, 6.45) is 5.33. The van der Waals surface area contributed by atoms with Crippen molar-refractivity contribution in [2.45, 2.75) is 52.1 Å². The lowest BCUT2D eigenvalue weighted by Gasteiger charge is -2.26. The third kappa shape index (κ3) is 4.95. The number of hydrogen-bond donors (Lipinski definition) is 3. The van der Waals surface area contributed by atoms with Crippen molar-refractivity contribution in [1.82, 2.24) is 9.97 Å². The van der Waals surface area contributed by atoms with Gasteiger partial charge in [0.25, 0.3) is 0 Å². The van der Waals surface area contributed by atoms with Crippen molar-refractivity contribution in [2.75, 3.05) is 17.2 Å². The van der Waals surface area contributed by atoms with Crippen LogP contribution in [0, 0.1) is 29.9 Å². The van der Waals surface area contributed by atoms with E-state index in [-0.39, 0.29) is 17.5 Å². The van der Waals surface area contributed by atoms with Gasteiger partial charge in [0, 0.05) is 19.1 Å². The number of anilines is 2. The number of nitrogens with zero attached hydrogens (tertiary/aromatic N) is 3. The van der Waals surface area contributed by atoms with Crippen molar-refractivity contribution in [2.24, 2.45) is 11.7 Å². The molecule has 2 aromatic rings. The van der Waals surface area contributed by atoms with Crippen LogP contribution >= 0.6 is 0 Å². The lowest BCUT2D eigenvalue weighted by Crippen LogP contribution is -2.29. The molecule has 0 unspecified atom stereocenters. The number of nitrogens with two attached hydrogens (primary N) is 1. The lowest BCUT2D eigenvalue weighted by atomic mass is 9.86. The molecule has 1 saturated carbocycles. The minimum absolute atomic E-state index is 0.107. The molecule has 1 fully saturated rings. The maximum absolute atomic E-state index is 11.3. The van der Waals surface area contributed by atoms with Crippen LogP contribution in [-0.4, -0.2) is 27.5 Å². The molecule has 1 aliphatic rings. The van der Waals surface area contributed by atoms with Gasteiger partial charge in [-0.3, -0.25) is 10.1 Å². The quantitative estimate of drug-likeness (QED) is 0.493. The molecule has 1 heterocycles. The Morgan fingerprint density at radius 2 is 1.96 bits per heavy atom. The molecule has 28 heavy (non-hydrogen) atoms. The van der Waals surface area contributed by atoms with Gasteiger partial charge in [-0.2, -0.15) is 4.98 Å². The molecule has 0 atom stereocenters. The van der Waals surface area contributed by atoms with Crippen LogP contribution in [0.15, 0.2) is 24.4 Å². The van der Waals surface area contributed by atoms with Crippen molar-refractivity contribution in [3.63, 3.8) is 0 Å². The van der Waals surface area contributed by atoms with Crippen LogP contribution in [0.5, 0.6) is 0 Å². The molecule has 150 valence electrons. The van der Waals surface area contributed by atoms with Crippen molar-refractivity contribution >= 4 is 17.5 Å². The summed E-state index contributed by atoms with van der Waals surface area (Å²) in [5, 5.41) is 17.7. The maximum atomic E-state index is 11.3.